The van der Waals surface area contributed by atoms with Gasteiger partial charge in [-0.3, -0.25) is 4.90 Å². The lowest BCUT2D eigenvalue weighted by Gasteiger charge is -2.39. The molecular weight excluding hydrogens is 426 g/mol. The highest BCUT2D eigenvalue weighted by molar-refractivity contribution is 6.32. The van der Waals surface area contributed by atoms with E-state index in [0.29, 0.717) is 30.3 Å². The number of hydrogen-bond acceptors (Lipinski definition) is 5. The van der Waals surface area contributed by atoms with Crippen LogP contribution in [0.25, 0.3) is 0 Å². The van der Waals surface area contributed by atoms with Crippen LogP contribution in [-0.2, 0) is 20.2 Å². The Labute approximate surface area is 194 Å². The van der Waals surface area contributed by atoms with E-state index in [-0.39, 0.29) is 6.61 Å². The molecule has 2 heterocycles. The third kappa shape index (κ3) is 5.82. The summed E-state index contributed by atoms with van der Waals surface area (Å²) in [5, 5.41) is 11.7. The molecule has 170 valence electrons. The molecule has 4 rings (SSSR count). The molecule has 7 heteroatoms. The Morgan fingerprint density at radius 3 is 2.72 bits per heavy atom. The van der Waals surface area contributed by atoms with Crippen LogP contribution in [0.5, 0.6) is 11.5 Å². The van der Waals surface area contributed by atoms with Crippen LogP contribution in [-0.4, -0.2) is 44.9 Å². The quantitative estimate of drug-likeness (QED) is 0.546. The average Bonchev–Trinajstić information content (AvgIpc) is 3.19. The molecule has 0 spiro atoms. The van der Waals surface area contributed by atoms with E-state index in [2.05, 4.69) is 22.0 Å². The summed E-state index contributed by atoms with van der Waals surface area (Å²) in [5.74, 6) is 2.32. The standard InChI is InChI=1S/C25H30ClN3O3/c1-19-4-9-22(26)23(14-19)32-18-25(30)10-3-12-29(17-25)15-20-5-7-21(8-6-20)31-16-24-27-11-13-28(24)2/h4-9,11,13-14,30H,3,10,12,15-18H2,1-2H3. The van der Waals surface area contributed by atoms with Gasteiger partial charge in [0.15, 0.2) is 0 Å². The molecule has 1 saturated heterocycles. The molecule has 0 radical (unpaired) electrons. The van der Waals surface area contributed by atoms with E-state index in [0.717, 1.165) is 36.6 Å². The second kappa shape index (κ2) is 9.94. The molecule has 1 fully saturated rings. The Hall–Kier alpha value is -2.54. The average molecular weight is 456 g/mol. The van der Waals surface area contributed by atoms with E-state index in [4.69, 9.17) is 21.1 Å². The first-order chi connectivity index (χ1) is 15.4. The van der Waals surface area contributed by atoms with Crippen LogP contribution in [0.1, 0.15) is 29.8 Å². The normalized spacial score (nSPS) is 19.1. The maximum Gasteiger partial charge on any atom is 0.146 e. The second-order valence-electron chi connectivity index (χ2n) is 8.65. The number of benzene rings is 2. The van der Waals surface area contributed by atoms with Crippen LogP contribution >= 0.6 is 11.6 Å². The summed E-state index contributed by atoms with van der Waals surface area (Å²) in [4.78, 5) is 6.55. The van der Waals surface area contributed by atoms with Gasteiger partial charge in [0, 0.05) is 32.5 Å². The van der Waals surface area contributed by atoms with Gasteiger partial charge in [-0.05, 0) is 61.7 Å². The lowest BCUT2D eigenvalue weighted by molar-refractivity contribution is -0.0620. The minimum absolute atomic E-state index is 0.229. The van der Waals surface area contributed by atoms with Crippen molar-refractivity contribution >= 4 is 11.6 Å². The van der Waals surface area contributed by atoms with Crippen molar-refractivity contribution in [2.45, 2.75) is 38.5 Å². The van der Waals surface area contributed by atoms with E-state index in [9.17, 15) is 5.11 Å². The number of hydrogen-bond donors (Lipinski definition) is 1. The van der Waals surface area contributed by atoms with E-state index >= 15 is 0 Å². The van der Waals surface area contributed by atoms with Crippen LogP contribution < -0.4 is 9.47 Å². The first-order valence-corrected chi connectivity index (χ1v) is 11.3. The Bertz CT molecular complexity index is 1040. The van der Waals surface area contributed by atoms with Crippen molar-refractivity contribution in [1.82, 2.24) is 14.5 Å². The van der Waals surface area contributed by atoms with Gasteiger partial charge in [-0.25, -0.2) is 4.98 Å². The van der Waals surface area contributed by atoms with Crippen LogP contribution in [0, 0.1) is 6.92 Å². The van der Waals surface area contributed by atoms with Gasteiger partial charge < -0.3 is 19.1 Å². The van der Waals surface area contributed by atoms with Crippen molar-refractivity contribution in [3.63, 3.8) is 0 Å². The van der Waals surface area contributed by atoms with Gasteiger partial charge in [-0.1, -0.05) is 29.8 Å². The number of halogens is 1. The van der Waals surface area contributed by atoms with Gasteiger partial charge >= 0.3 is 0 Å². The fourth-order valence-corrected chi connectivity index (χ4v) is 4.20. The SMILES string of the molecule is Cc1ccc(Cl)c(OCC2(O)CCCN(Cc3ccc(OCc4nccn4C)cc3)C2)c1. The molecule has 1 aliphatic rings. The van der Waals surface area contributed by atoms with Gasteiger partial charge in [0.1, 0.15) is 36.1 Å². The number of likely N-dealkylation sites (tertiary alicyclic amines) is 1. The van der Waals surface area contributed by atoms with Gasteiger partial charge in [-0.15, -0.1) is 0 Å². The molecule has 0 amide bonds. The molecule has 1 unspecified atom stereocenters. The van der Waals surface area contributed by atoms with E-state index < -0.39 is 5.60 Å². The molecule has 6 nitrogen and oxygen atoms in total. The maximum atomic E-state index is 11.1. The van der Waals surface area contributed by atoms with Crippen molar-refractivity contribution < 1.29 is 14.6 Å². The first kappa shape index (κ1) is 22.6. The minimum atomic E-state index is -0.892. The Balaban J connectivity index is 1.30. The van der Waals surface area contributed by atoms with Crippen molar-refractivity contribution in [1.29, 1.82) is 0 Å². The monoisotopic (exact) mass is 455 g/mol. The van der Waals surface area contributed by atoms with E-state index in [1.165, 1.54) is 5.56 Å². The number of aryl methyl sites for hydroxylation is 2. The predicted molar refractivity (Wildman–Crippen MR) is 125 cm³/mol. The fraction of sp³-hybridized carbons (Fsp3) is 0.400. The van der Waals surface area contributed by atoms with Gasteiger partial charge in [0.05, 0.1) is 5.02 Å². The number of ether oxygens (including phenoxy) is 2. The molecule has 0 bridgehead atoms. The molecular formula is C25H30ClN3O3. The molecule has 1 aromatic heterocycles. The molecule has 0 saturated carbocycles. The number of aliphatic hydroxyl groups is 1. The molecule has 32 heavy (non-hydrogen) atoms. The highest BCUT2D eigenvalue weighted by atomic mass is 35.5. The highest BCUT2D eigenvalue weighted by Crippen LogP contribution is 2.29. The number of β-amino-alcohol motifs (C(OH)–C–C–N with tert-alkyl or cyclic N) is 1. The summed E-state index contributed by atoms with van der Waals surface area (Å²) in [5.41, 5.74) is 1.37. The summed E-state index contributed by atoms with van der Waals surface area (Å²) in [6.07, 6.45) is 5.31. The number of imidazole rings is 1. The van der Waals surface area contributed by atoms with Crippen LogP contribution in [0.4, 0.5) is 0 Å². The lowest BCUT2D eigenvalue weighted by atomic mass is 9.93. The summed E-state index contributed by atoms with van der Waals surface area (Å²) in [7, 11) is 1.95. The van der Waals surface area contributed by atoms with E-state index in [1.54, 1.807) is 6.20 Å². The summed E-state index contributed by atoms with van der Waals surface area (Å²) < 4.78 is 13.7. The Morgan fingerprint density at radius 1 is 1.16 bits per heavy atom. The van der Waals surface area contributed by atoms with Crippen molar-refractivity contribution in [3.8, 4) is 11.5 Å². The van der Waals surface area contributed by atoms with Gasteiger partial charge in [0.2, 0.25) is 0 Å². The topological polar surface area (TPSA) is 59.8 Å². The highest BCUT2D eigenvalue weighted by Gasteiger charge is 2.34. The number of rotatable bonds is 8. The molecule has 1 aliphatic heterocycles. The van der Waals surface area contributed by atoms with Gasteiger partial charge in [0.25, 0.3) is 0 Å². The van der Waals surface area contributed by atoms with Crippen molar-refractivity contribution in [3.05, 3.63) is 76.8 Å². The molecule has 3 aromatic rings. The third-order valence-corrected chi connectivity index (χ3v) is 6.15. The van der Waals surface area contributed by atoms with Gasteiger partial charge in [-0.2, -0.15) is 0 Å². The zero-order valence-corrected chi connectivity index (χ0v) is 19.4. The maximum absolute atomic E-state index is 11.1. The lowest BCUT2D eigenvalue weighted by Crippen LogP contribution is -2.51. The smallest absolute Gasteiger partial charge is 0.146 e. The summed E-state index contributed by atoms with van der Waals surface area (Å²) in [6, 6.07) is 13.8. The zero-order chi connectivity index (χ0) is 22.6. The van der Waals surface area contributed by atoms with E-state index in [1.807, 2.05) is 55.1 Å². The minimum Gasteiger partial charge on any atom is -0.489 e. The number of piperidine rings is 1. The van der Waals surface area contributed by atoms with Crippen LogP contribution in [0.2, 0.25) is 5.02 Å². The summed E-state index contributed by atoms with van der Waals surface area (Å²) >= 11 is 6.24. The fourth-order valence-electron chi connectivity index (χ4n) is 4.02. The Morgan fingerprint density at radius 2 is 1.97 bits per heavy atom. The first-order valence-electron chi connectivity index (χ1n) is 10.9. The Kier molecular flexibility index (Phi) is 7.04. The third-order valence-electron chi connectivity index (χ3n) is 5.84. The number of nitrogens with zero attached hydrogens (tertiary/aromatic N) is 3. The van der Waals surface area contributed by atoms with Crippen LogP contribution in [0.15, 0.2) is 54.9 Å². The molecule has 2 aromatic carbocycles. The molecule has 1 atom stereocenters. The summed E-state index contributed by atoms with van der Waals surface area (Å²) in [6.45, 7) is 4.95. The van der Waals surface area contributed by atoms with Crippen molar-refractivity contribution in [2.24, 2.45) is 7.05 Å². The van der Waals surface area contributed by atoms with Crippen LogP contribution in [0.3, 0.4) is 0 Å². The zero-order valence-electron chi connectivity index (χ0n) is 18.6. The molecule has 1 N–H and O–H groups in total. The molecule has 0 aliphatic carbocycles. The number of aromatic nitrogens is 2. The second-order valence-corrected chi connectivity index (χ2v) is 9.06. The van der Waals surface area contributed by atoms with Crippen molar-refractivity contribution in [2.75, 3.05) is 19.7 Å². The largest absolute Gasteiger partial charge is 0.489 e. The predicted octanol–water partition coefficient (Wildman–Crippen LogP) is 4.37.